The van der Waals surface area contributed by atoms with E-state index < -0.39 is 294 Å². The van der Waals surface area contributed by atoms with Gasteiger partial charge in [-0.2, -0.15) is 0 Å². The molecule has 4 rings (SSSR count). The van der Waals surface area contributed by atoms with Crippen molar-refractivity contribution in [2.45, 2.75) is 210 Å². The van der Waals surface area contributed by atoms with Gasteiger partial charge in [0.05, 0.1) is 55.4 Å². The topological polar surface area (TPSA) is 858 Å². The third-order valence-corrected chi connectivity index (χ3v) is 20.1. The van der Waals surface area contributed by atoms with Gasteiger partial charge in [-0.15, -0.1) is 0 Å². The molecule has 135 heavy (non-hydrogen) atoms. The van der Waals surface area contributed by atoms with Gasteiger partial charge in [0.15, 0.2) is 11.9 Å². The molecule has 0 spiro atoms. The summed E-state index contributed by atoms with van der Waals surface area (Å²) < 4.78 is 10.4. The van der Waals surface area contributed by atoms with Gasteiger partial charge < -0.3 is 138 Å². The van der Waals surface area contributed by atoms with E-state index >= 15 is 0 Å². The van der Waals surface area contributed by atoms with E-state index in [1.165, 1.54) is 51.3 Å². The molecule has 0 aliphatic heterocycles. The molecule has 738 valence electrons. The fourth-order valence-electron chi connectivity index (χ4n) is 13.1. The third kappa shape index (κ3) is 40.2. The second-order valence-corrected chi connectivity index (χ2v) is 31.7. The summed E-state index contributed by atoms with van der Waals surface area (Å²) in [5.74, 6) is -24.0. The minimum atomic E-state index is -2.14. The monoisotopic (exact) mass is 1900 g/mol. The fourth-order valence-corrected chi connectivity index (χ4v) is 13.1. The number of aliphatic hydroxyl groups is 1. The maximum Gasteiger partial charge on any atom is 0.336 e. The number of fused-ring (bicyclic) bond motifs is 1. The first kappa shape index (κ1) is 112. The molecule has 0 radical (unpaired) electrons. The van der Waals surface area contributed by atoms with Gasteiger partial charge in [-0.25, -0.2) is 4.79 Å². The van der Waals surface area contributed by atoms with Crippen molar-refractivity contribution in [2.24, 2.45) is 34.8 Å². The molecule has 0 bridgehead atoms. The van der Waals surface area contributed by atoms with E-state index in [-0.39, 0.29) is 87.8 Å². The van der Waals surface area contributed by atoms with Crippen molar-refractivity contribution < 1.29 is 126 Å². The number of aliphatic hydroxyl groups excluding tert-OH is 1. The zero-order valence-corrected chi connectivity index (χ0v) is 74.6. The number of amides is 15. The summed E-state index contributed by atoms with van der Waals surface area (Å²) >= 11 is 0. The zero-order valence-electron chi connectivity index (χ0n) is 74.6. The number of nitrogens with one attached hydrogen (secondary N) is 18. The molecule has 0 fully saturated rings. The van der Waals surface area contributed by atoms with Crippen molar-refractivity contribution in [1.82, 2.24) is 79.8 Å². The van der Waals surface area contributed by atoms with Crippen LogP contribution >= 0.6 is 0 Å². The number of anilines is 1. The molecule has 53 nitrogen and oxygen atoms in total. The van der Waals surface area contributed by atoms with Gasteiger partial charge in [-0.3, -0.25) is 117 Å². The number of unbranched alkanes of at least 4 members (excludes halogenated alkanes) is 1. The third-order valence-electron chi connectivity index (χ3n) is 20.1. The Balaban J connectivity index is 1.60. The van der Waals surface area contributed by atoms with Gasteiger partial charge in [0.2, 0.25) is 88.6 Å². The average Bonchev–Trinajstić information content (AvgIpc) is 0.798. The number of benzene rings is 3. The largest absolute Gasteiger partial charge is 0.497 e. The first-order valence-electron chi connectivity index (χ1n) is 42.3. The van der Waals surface area contributed by atoms with Crippen LogP contribution in [0, 0.1) is 42.9 Å². The van der Waals surface area contributed by atoms with Crippen LogP contribution in [0.4, 0.5) is 17.1 Å². The normalized spacial score (nSPS) is 13.6. The molecule has 3 aromatic carbocycles. The maximum atomic E-state index is 15.0. The maximum absolute atomic E-state index is 15.0. The van der Waals surface area contributed by atoms with E-state index in [0.29, 0.717) is 22.8 Å². The Morgan fingerprint density at radius 2 is 0.948 bits per heavy atom. The Morgan fingerprint density at radius 3 is 1.47 bits per heavy atom. The number of hydrogen-bond acceptors (Lipinski definition) is 29. The highest BCUT2D eigenvalue weighted by atomic mass is 16.6. The Bertz CT molecular complexity index is 5020. The summed E-state index contributed by atoms with van der Waals surface area (Å²) in [5.41, 5.74) is 20.2. The van der Waals surface area contributed by atoms with E-state index in [4.69, 9.17) is 42.9 Å². The lowest BCUT2D eigenvalue weighted by Gasteiger charge is -2.29. The van der Waals surface area contributed by atoms with Crippen molar-refractivity contribution >= 4 is 146 Å². The molecular weight excluding hydrogens is 1790 g/mol. The first-order valence-corrected chi connectivity index (χ1v) is 42.3. The number of hydrogen-bond donors (Lipinski definition) is 26. The van der Waals surface area contributed by atoms with Crippen LogP contribution in [0.2, 0.25) is 0 Å². The molecule has 1 heterocycles. The lowest BCUT2D eigenvalue weighted by Crippen LogP contribution is -2.61. The number of aliphatic carboxylic acids is 3. The van der Waals surface area contributed by atoms with E-state index in [2.05, 4.69) is 85.1 Å². The zero-order chi connectivity index (χ0) is 101. The molecule has 0 saturated carbocycles. The van der Waals surface area contributed by atoms with Crippen LogP contribution < -0.4 is 118 Å². The number of nitrogens with zero attached hydrogens (tertiary/aromatic N) is 2. The number of carbonyl (C=O) groups is 18. The molecule has 1 aromatic heterocycles. The molecule has 53 heteroatoms. The predicted octanol–water partition coefficient (Wildman–Crippen LogP) is -5.57. The molecule has 15 amide bonds. The van der Waals surface area contributed by atoms with Crippen LogP contribution in [0.25, 0.3) is 11.0 Å². The molecule has 0 aliphatic carbocycles. The summed E-state index contributed by atoms with van der Waals surface area (Å²) in [7, 11) is 1.36. The van der Waals surface area contributed by atoms with Gasteiger partial charge in [-0.1, -0.05) is 58.0 Å². The number of non-ortho nitro benzene ring substituents is 1. The molecule has 30 N–H and O–H groups in total. The van der Waals surface area contributed by atoms with Gasteiger partial charge >= 0.3 is 23.5 Å². The average molecular weight is 1900 g/mol. The smallest absolute Gasteiger partial charge is 0.336 e. The number of nitro benzene ring substituents is 2. The molecule has 0 aliphatic rings. The molecule has 0 saturated heterocycles. The summed E-state index contributed by atoms with van der Waals surface area (Å²) in [6.45, 7) is 5.13. The van der Waals surface area contributed by atoms with E-state index in [1.54, 1.807) is 32.0 Å². The molecular formula is C82H116N24O29. The van der Waals surface area contributed by atoms with Crippen LogP contribution in [0.3, 0.4) is 0 Å². The molecule has 4 aromatic rings. The van der Waals surface area contributed by atoms with E-state index in [9.17, 15) is 132 Å². The summed E-state index contributed by atoms with van der Waals surface area (Å²) in [4.78, 5) is 280. The highest BCUT2D eigenvalue weighted by Crippen LogP contribution is 2.29. The number of carboxylic acid groups (broad SMARTS) is 3. The minimum Gasteiger partial charge on any atom is -0.497 e. The number of nitrogens with two attached hydrogens (primary N) is 4. The number of guanidine groups is 2. The van der Waals surface area contributed by atoms with E-state index in [0.717, 1.165) is 25.1 Å². The lowest BCUT2D eigenvalue weighted by atomic mass is 10.00. The van der Waals surface area contributed by atoms with Crippen molar-refractivity contribution in [2.75, 3.05) is 45.2 Å². The van der Waals surface area contributed by atoms with Crippen molar-refractivity contribution in [3.63, 3.8) is 0 Å². The van der Waals surface area contributed by atoms with Gasteiger partial charge in [0.25, 0.3) is 11.4 Å². The van der Waals surface area contributed by atoms with Crippen LogP contribution in [-0.4, -0.2) is 261 Å². The number of carbonyl (C=O) groups excluding carboxylic acids is 15. The number of rotatable bonds is 61. The Morgan fingerprint density at radius 1 is 0.474 bits per heavy atom. The number of primary amides is 2. The van der Waals surface area contributed by atoms with Crippen LogP contribution in [-0.2, 0) is 99.1 Å². The highest BCUT2D eigenvalue weighted by Gasteiger charge is 2.39. The van der Waals surface area contributed by atoms with Crippen molar-refractivity contribution in [3.8, 4) is 5.75 Å². The standard InChI is InChI=1S/C82H116N24O29/c1-40(2)30-54(100-78(127)56(36-61(83)108)103-80(129)68(41(3)4)104-74(123)53(24-26-65(113)114)99-79(128)58(39-107)94-62(109)32-44-33-67(117)135-60-35-46(134-6)20-21-47(44)60)76(125)102-57(37-66(115)116)75(124)93-42(5)70(119)96-52(23-25-64(111)112)73(122)101-55(31-43-14-8-7-9-15-43)77(126)98-50(16-10-11-27-89-63(110)38-92-48-22-19-45(105(130)131)34-59(48)106(132)133)72(121)97-51(18-13-29-91-82(87)88)71(120)95-49(69(84)118)17-12-28-90-81(85)86/h7-9,14-15,19-22,33-35,40-42,49-58,68,92,107H,10-13,16-18,23-32,36-39H2,1-6H3,(H2,83,108)(H2,84,118)(H,89,110)(H,93,124)(H,94,109)(H,95,120)(H,96,119)(H,97,121)(H,98,126)(H,99,128)(H,100,127)(H,101,122)(H,102,125)(H,103,129)(H,104,123)(H,111,112)(H,113,114)(H,115,116)(H4,85,86,90)(H4,87,88,91)/t42-,49-,50-,51-,52-,53-,54-,55-,56-,57-,58-,68-/m0/s1. The van der Waals surface area contributed by atoms with Crippen molar-refractivity contribution in [3.05, 3.63) is 115 Å². The van der Waals surface area contributed by atoms with Crippen molar-refractivity contribution in [1.29, 1.82) is 10.8 Å². The fraction of sp³-hybridized carbons (Fsp3) is 0.500. The first-order chi connectivity index (χ1) is 63.6. The Labute approximate surface area is 769 Å². The number of methoxy groups -OCH3 is 1. The lowest BCUT2D eigenvalue weighted by molar-refractivity contribution is -0.393. The Hall–Kier alpha value is -15.8. The number of carboxylic acids is 3. The number of nitro groups is 2. The molecule has 0 unspecified atom stereocenters. The molecule has 12 atom stereocenters. The summed E-state index contributed by atoms with van der Waals surface area (Å²) in [6.07, 6.45) is -7.14. The highest BCUT2D eigenvalue weighted by molar-refractivity contribution is 6.02. The second kappa shape index (κ2) is 56.1. The summed E-state index contributed by atoms with van der Waals surface area (Å²) in [5, 5.41) is 117. The minimum absolute atomic E-state index is 0.0143. The number of ether oxygens (including phenoxy) is 1. The SMILES string of the molecule is COc1ccc2c(CC(=O)N[C@@H](CO)C(=O)N[C@@H](CCC(=O)O)C(=O)N[C@H](C(=O)N[C@@H](CC(N)=O)C(=O)N[C@@H](CC(C)C)C(=O)N[C@@H](CC(=O)O)C(=O)N[C@@H](C)C(=O)N[C@@H](CCC(=O)O)C(=O)N[C@@H](Cc3ccccc3)C(=O)N[C@@H](CCCCNC(=O)CNc3ccc([N+](=O)[O-])cc3[N+](=O)[O-])C(=O)N[C@@H](CCCNC(=N)N)C(=O)N[C@@H](CCCNC(=N)N)C(N)=O)C(C)C)cc(=O)oc2c1. The Kier molecular flexibility index (Phi) is 46.3. The van der Waals surface area contributed by atoms with E-state index in [1.807, 2.05) is 0 Å². The van der Waals surface area contributed by atoms with Crippen LogP contribution in [0.15, 0.2) is 82.0 Å². The predicted molar refractivity (Wildman–Crippen MR) is 476 cm³/mol. The second-order valence-electron chi connectivity index (χ2n) is 31.7. The van der Waals surface area contributed by atoms with Gasteiger partial charge in [0, 0.05) is 62.5 Å². The quantitative estimate of drug-likeness (QED) is 0.00489. The van der Waals surface area contributed by atoms with Crippen LogP contribution in [0.1, 0.15) is 136 Å². The van der Waals surface area contributed by atoms with Crippen LogP contribution in [0.5, 0.6) is 5.75 Å². The van der Waals surface area contributed by atoms with Gasteiger partial charge in [0.1, 0.15) is 89.5 Å². The van der Waals surface area contributed by atoms with Gasteiger partial charge in [-0.05, 0) is 112 Å². The summed E-state index contributed by atoms with van der Waals surface area (Å²) in [6, 6.07) is -5.53.